The Morgan fingerprint density at radius 3 is 2.59 bits per heavy atom. The van der Waals surface area contributed by atoms with Gasteiger partial charge in [-0.2, -0.15) is 13.2 Å². The molecule has 2 atom stereocenters. The summed E-state index contributed by atoms with van der Waals surface area (Å²) in [5, 5.41) is 2.13. The Kier molecular flexibility index (Phi) is 5.88. The predicted molar refractivity (Wildman–Crippen MR) is 97.0 cm³/mol. The van der Waals surface area contributed by atoms with Gasteiger partial charge < -0.3 is 19.5 Å². The maximum absolute atomic E-state index is 12.8. The third-order valence-electron chi connectivity index (χ3n) is 3.99. The quantitative estimate of drug-likeness (QED) is 0.742. The lowest BCUT2D eigenvalue weighted by Crippen LogP contribution is -2.41. The number of fused-ring (bicyclic) bond motifs is 1. The van der Waals surface area contributed by atoms with E-state index in [9.17, 15) is 22.8 Å². The minimum absolute atomic E-state index is 0.0921. The summed E-state index contributed by atoms with van der Waals surface area (Å²) in [7, 11) is 0. The van der Waals surface area contributed by atoms with E-state index in [1.807, 2.05) is 0 Å². The first-order chi connectivity index (χ1) is 13.6. The molecule has 0 radical (unpaired) electrons. The minimum atomic E-state index is -4.60. The zero-order valence-corrected chi connectivity index (χ0v) is 15.7. The molecule has 10 heteroatoms. The Bertz CT molecular complexity index is 934. The second-order valence-electron chi connectivity index (χ2n) is 6.12. The molecule has 1 aliphatic heterocycles. The Morgan fingerprint density at radius 2 is 1.90 bits per heavy atom. The zero-order valence-electron chi connectivity index (χ0n) is 15.0. The molecule has 2 unspecified atom stereocenters. The Labute approximate surface area is 168 Å². The van der Waals surface area contributed by atoms with Crippen molar-refractivity contribution in [2.75, 3.05) is 11.9 Å². The number of nitrogens with one attached hydrogen (secondary N) is 1. The van der Waals surface area contributed by atoms with Crippen LogP contribution in [-0.2, 0) is 20.5 Å². The van der Waals surface area contributed by atoms with Crippen LogP contribution in [0.1, 0.15) is 12.5 Å². The van der Waals surface area contributed by atoms with Crippen molar-refractivity contribution in [3.63, 3.8) is 0 Å². The van der Waals surface area contributed by atoms with Gasteiger partial charge in [-0.15, -0.1) is 0 Å². The van der Waals surface area contributed by atoms with E-state index in [0.717, 1.165) is 12.1 Å². The van der Waals surface area contributed by atoms with Gasteiger partial charge in [0.1, 0.15) is 6.61 Å². The summed E-state index contributed by atoms with van der Waals surface area (Å²) >= 11 is 5.84. The maximum atomic E-state index is 12.8. The Morgan fingerprint density at radius 1 is 1.21 bits per heavy atom. The first-order valence-electron chi connectivity index (χ1n) is 8.41. The van der Waals surface area contributed by atoms with E-state index < -0.39 is 35.8 Å². The molecule has 0 saturated heterocycles. The number of anilines is 1. The van der Waals surface area contributed by atoms with Crippen LogP contribution in [0.5, 0.6) is 11.5 Å². The third kappa shape index (κ3) is 4.92. The van der Waals surface area contributed by atoms with Crippen LogP contribution in [0.4, 0.5) is 18.9 Å². The highest BCUT2D eigenvalue weighted by Gasteiger charge is 2.33. The average molecular weight is 430 g/mol. The van der Waals surface area contributed by atoms with Crippen LogP contribution in [-0.4, -0.2) is 30.7 Å². The summed E-state index contributed by atoms with van der Waals surface area (Å²) in [5.41, 5.74) is -1.23. The number of halogens is 4. The van der Waals surface area contributed by atoms with Crippen LogP contribution in [0.25, 0.3) is 0 Å². The summed E-state index contributed by atoms with van der Waals surface area (Å²) in [6, 6.07) is 9.23. The molecule has 0 bridgehead atoms. The third-order valence-corrected chi connectivity index (χ3v) is 4.31. The molecule has 0 aliphatic carbocycles. The van der Waals surface area contributed by atoms with Gasteiger partial charge in [-0.05, 0) is 37.3 Å². The number of benzene rings is 2. The molecule has 1 amide bonds. The van der Waals surface area contributed by atoms with E-state index in [0.29, 0.717) is 17.6 Å². The molecule has 1 aliphatic rings. The van der Waals surface area contributed by atoms with Gasteiger partial charge >= 0.3 is 12.1 Å². The van der Waals surface area contributed by atoms with Crippen molar-refractivity contribution < 1.29 is 37.0 Å². The molecule has 2 aromatic rings. The van der Waals surface area contributed by atoms with Crippen molar-refractivity contribution in [2.24, 2.45) is 0 Å². The normalized spacial score (nSPS) is 16.7. The molecule has 0 aromatic heterocycles. The van der Waals surface area contributed by atoms with Gasteiger partial charge in [0.15, 0.2) is 17.6 Å². The Hall–Kier alpha value is -2.94. The molecule has 3 rings (SSSR count). The number of hydrogen-bond acceptors (Lipinski definition) is 5. The van der Waals surface area contributed by atoms with Crippen molar-refractivity contribution in [3.05, 3.63) is 53.1 Å². The van der Waals surface area contributed by atoms with Crippen molar-refractivity contribution in [1.82, 2.24) is 0 Å². The van der Waals surface area contributed by atoms with E-state index >= 15 is 0 Å². The van der Waals surface area contributed by atoms with Gasteiger partial charge in [-0.1, -0.05) is 23.7 Å². The summed E-state index contributed by atoms with van der Waals surface area (Å²) in [6.45, 7) is 1.16. The molecule has 2 aromatic carbocycles. The lowest BCUT2D eigenvalue weighted by molar-refractivity contribution is -0.162. The van der Waals surface area contributed by atoms with Gasteiger partial charge in [0.2, 0.25) is 6.10 Å². The summed E-state index contributed by atoms with van der Waals surface area (Å²) in [5.74, 6) is -0.871. The second kappa shape index (κ2) is 8.20. The molecular formula is C19H15ClF3NO5. The van der Waals surface area contributed by atoms with Crippen LogP contribution in [0, 0.1) is 0 Å². The SMILES string of the molecule is CC(OC(=O)C1COc2ccccc2O1)C(=O)Nc1cc(C(F)(F)F)ccc1Cl. The molecule has 154 valence electrons. The van der Waals surface area contributed by atoms with Crippen molar-refractivity contribution >= 4 is 29.2 Å². The van der Waals surface area contributed by atoms with E-state index in [1.165, 1.54) is 6.92 Å². The van der Waals surface area contributed by atoms with Gasteiger partial charge in [0, 0.05) is 0 Å². The summed E-state index contributed by atoms with van der Waals surface area (Å²) in [6.07, 6.45) is -7.00. The van der Waals surface area contributed by atoms with Crippen LogP contribution >= 0.6 is 11.6 Å². The molecule has 0 spiro atoms. The smallest absolute Gasteiger partial charge is 0.416 e. The monoisotopic (exact) mass is 429 g/mol. The van der Waals surface area contributed by atoms with Crippen LogP contribution < -0.4 is 14.8 Å². The number of esters is 1. The van der Waals surface area contributed by atoms with Crippen molar-refractivity contribution in [3.8, 4) is 11.5 Å². The van der Waals surface area contributed by atoms with Crippen molar-refractivity contribution in [1.29, 1.82) is 0 Å². The topological polar surface area (TPSA) is 73.9 Å². The highest BCUT2D eigenvalue weighted by molar-refractivity contribution is 6.33. The number of hydrogen-bond donors (Lipinski definition) is 1. The number of carbonyl (C=O) groups excluding carboxylic acids is 2. The first-order valence-corrected chi connectivity index (χ1v) is 8.79. The van der Waals surface area contributed by atoms with Gasteiger partial charge in [0.05, 0.1) is 16.3 Å². The zero-order chi connectivity index (χ0) is 21.2. The maximum Gasteiger partial charge on any atom is 0.416 e. The minimum Gasteiger partial charge on any atom is -0.485 e. The molecule has 0 saturated carbocycles. The highest BCUT2D eigenvalue weighted by atomic mass is 35.5. The van der Waals surface area contributed by atoms with Crippen LogP contribution in [0.15, 0.2) is 42.5 Å². The summed E-state index contributed by atoms with van der Waals surface area (Å²) < 4.78 is 54.4. The van der Waals surface area contributed by atoms with Crippen molar-refractivity contribution in [2.45, 2.75) is 25.3 Å². The number of para-hydroxylation sites is 2. The fraction of sp³-hybridized carbons (Fsp3) is 0.263. The van der Waals surface area contributed by atoms with Gasteiger partial charge in [0.25, 0.3) is 5.91 Å². The van der Waals surface area contributed by atoms with Crippen LogP contribution in [0.3, 0.4) is 0 Å². The highest BCUT2D eigenvalue weighted by Crippen LogP contribution is 2.34. The van der Waals surface area contributed by atoms with E-state index in [1.54, 1.807) is 24.3 Å². The number of carbonyl (C=O) groups is 2. The fourth-order valence-electron chi connectivity index (χ4n) is 2.47. The molecular weight excluding hydrogens is 415 g/mol. The second-order valence-corrected chi connectivity index (χ2v) is 6.53. The molecule has 1 heterocycles. The summed E-state index contributed by atoms with van der Waals surface area (Å²) in [4.78, 5) is 24.5. The molecule has 6 nitrogen and oxygen atoms in total. The molecule has 0 fully saturated rings. The largest absolute Gasteiger partial charge is 0.485 e. The van der Waals surface area contributed by atoms with E-state index in [-0.39, 0.29) is 17.3 Å². The first kappa shape index (κ1) is 20.8. The van der Waals surface area contributed by atoms with Crippen LogP contribution in [0.2, 0.25) is 5.02 Å². The standard InChI is InChI=1S/C19H15ClF3NO5/c1-10(17(25)24-13-8-11(19(21,22)23)6-7-12(13)20)28-18(26)16-9-27-14-4-2-3-5-15(14)29-16/h2-8,10,16H,9H2,1H3,(H,24,25). The van der Waals surface area contributed by atoms with Gasteiger partial charge in [-0.25, -0.2) is 4.79 Å². The molecule has 29 heavy (non-hydrogen) atoms. The number of alkyl halides is 3. The average Bonchev–Trinajstić information content (AvgIpc) is 2.68. The molecule has 1 N–H and O–H groups in total. The predicted octanol–water partition coefficient (Wildman–Crippen LogP) is 4.07. The lowest BCUT2D eigenvalue weighted by atomic mass is 10.2. The fourth-order valence-corrected chi connectivity index (χ4v) is 2.64. The number of amides is 1. The number of ether oxygens (including phenoxy) is 3. The van der Waals surface area contributed by atoms with E-state index in [4.69, 9.17) is 25.8 Å². The number of rotatable bonds is 4. The Balaban J connectivity index is 1.62. The van der Waals surface area contributed by atoms with Gasteiger partial charge in [-0.3, -0.25) is 4.79 Å². The van der Waals surface area contributed by atoms with E-state index in [2.05, 4.69) is 5.32 Å². The lowest BCUT2D eigenvalue weighted by Gasteiger charge is -2.26.